The van der Waals surface area contributed by atoms with Crippen molar-refractivity contribution in [1.82, 2.24) is 0 Å². The Hall–Kier alpha value is 1.66. The van der Waals surface area contributed by atoms with Crippen LogP contribution >= 0.6 is 0 Å². The normalized spacial score (nSPS) is 15.9. The van der Waals surface area contributed by atoms with E-state index in [0.29, 0.717) is 6.42 Å². The van der Waals surface area contributed by atoms with Crippen molar-refractivity contribution in [3.05, 3.63) is 0 Å². The zero-order valence-electron chi connectivity index (χ0n) is 11.6. The van der Waals surface area contributed by atoms with E-state index in [4.69, 9.17) is 15.0 Å². The molecule has 14 heteroatoms. The molecule has 0 aliphatic rings. The number of aliphatic hydroxyl groups is 2. The number of hydrogen-bond acceptors (Lipinski definition) is 10. The van der Waals surface area contributed by atoms with Crippen molar-refractivity contribution in [2.45, 2.75) is 36.4 Å². The van der Waals surface area contributed by atoms with E-state index >= 15 is 0 Å². The second kappa shape index (κ2) is 12.9. The summed E-state index contributed by atoms with van der Waals surface area (Å²) in [7, 11) is -9.37. The van der Waals surface area contributed by atoms with Crippen LogP contribution in [0, 0.1) is 0 Å². The van der Waals surface area contributed by atoms with Crippen molar-refractivity contribution in [3.8, 4) is 0 Å². The predicted molar refractivity (Wildman–Crippen MR) is 87.8 cm³/mol. The first-order valence-electron chi connectivity index (χ1n) is 6.15. The van der Waals surface area contributed by atoms with Gasteiger partial charge in [0.05, 0.1) is 6.61 Å². The quantitative estimate of drug-likeness (QED) is 0.155. The van der Waals surface area contributed by atoms with Gasteiger partial charge >= 0.3 is 69.2 Å². The summed E-state index contributed by atoms with van der Waals surface area (Å²) in [5.41, 5.74) is 2.76. The standard InChI is InChI=1S/C9H22N2O8S2.2Na.2H/c1-2-7-18-21(16,17)9(3-5-10,4-6-12)8(13)20(14,15)19-11;;;;/h8,12-13H,2-7,10-11H2,1H3;;;;. The van der Waals surface area contributed by atoms with Crippen LogP contribution in [0.25, 0.3) is 0 Å². The van der Waals surface area contributed by atoms with Gasteiger partial charge in [0, 0.05) is 6.61 Å². The summed E-state index contributed by atoms with van der Waals surface area (Å²) in [5, 5.41) is 19.0. The summed E-state index contributed by atoms with van der Waals surface area (Å²) in [5.74, 6) is 4.56. The third-order valence-electron chi connectivity index (χ3n) is 2.90. The van der Waals surface area contributed by atoms with Crippen LogP contribution in [-0.4, -0.2) is 116 Å². The Labute approximate surface area is 181 Å². The van der Waals surface area contributed by atoms with Crippen LogP contribution < -0.4 is 11.6 Å². The Kier molecular flexibility index (Phi) is 16.5. The van der Waals surface area contributed by atoms with Crippen LogP contribution in [0.3, 0.4) is 0 Å². The first-order chi connectivity index (χ1) is 9.65. The van der Waals surface area contributed by atoms with Gasteiger partial charge in [-0.2, -0.15) is 27.0 Å². The topological polar surface area (TPSA) is 179 Å². The van der Waals surface area contributed by atoms with Crippen LogP contribution in [0.15, 0.2) is 0 Å². The Morgan fingerprint density at radius 3 is 2.04 bits per heavy atom. The van der Waals surface area contributed by atoms with Gasteiger partial charge in [-0.15, -0.1) is 0 Å². The molecule has 0 heterocycles. The van der Waals surface area contributed by atoms with E-state index in [9.17, 15) is 21.9 Å². The molecule has 0 amide bonds. The van der Waals surface area contributed by atoms with Gasteiger partial charge in [0.2, 0.25) is 5.44 Å². The third kappa shape index (κ3) is 7.43. The van der Waals surface area contributed by atoms with Gasteiger partial charge in [0.25, 0.3) is 10.1 Å². The van der Waals surface area contributed by atoms with Crippen LogP contribution in [-0.2, 0) is 28.7 Å². The van der Waals surface area contributed by atoms with E-state index in [0.717, 1.165) is 0 Å². The number of aliphatic hydroxyl groups excluding tert-OH is 2. The number of rotatable bonds is 11. The maximum absolute atomic E-state index is 12.3. The van der Waals surface area contributed by atoms with Crippen LogP contribution in [0.5, 0.6) is 0 Å². The molecule has 10 nitrogen and oxygen atoms in total. The first-order valence-corrected chi connectivity index (χ1v) is 9.03. The van der Waals surface area contributed by atoms with Crippen LogP contribution in [0.1, 0.15) is 26.2 Å². The molecule has 0 radical (unpaired) electrons. The molecule has 0 saturated carbocycles. The Balaban J connectivity index is -0.00000200. The molecule has 0 aromatic rings. The van der Waals surface area contributed by atoms with Gasteiger partial charge < -0.3 is 15.9 Å². The monoisotopic (exact) mass is 398 g/mol. The predicted octanol–water partition coefficient (Wildman–Crippen LogP) is -3.55. The van der Waals surface area contributed by atoms with Gasteiger partial charge in [-0.1, -0.05) is 6.92 Å². The van der Waals surface area contributed by atoms with Crippen molar-refractivity contribution >= 4 is 79.4 Å². The number of nitrogens with two attached hydrogens (primary N) is 2. The molecule has 0 fully saturated rings. The van der Waals surface area contributed by atoms with Crippen molar-refractivity contribution < 1.29 is 35.5 Å². The molecule has 6 N–H and O–H groups in total. The second-order valence-electron chi connectivity index (χ2n) is 4.29. The summed E-state index contributed by atoms with van der Waals surface area (Å²) >= 11 is 0. The fourth-order valence-electron chi connectivity index (χ4n) is 1.81. The van der Waals surface area contributed by atoms with E-state index in [1.807, 2.05) is 0 Å². The summed E-state index contributed by atoms with van der Waals surface area (Å²) < 4.78 is 53.7. The molecule has 0 spiro atoms. The molecule has 23 heavy (non-hydrogen) atoms. The van der Waals surface area contributed by atoms with E-state index in [2.05, 4.69) is 10.2 Å². The van der Waals surface area contributed by atoms with E-state index < -0.39 is 49.9 Å². The van der Waals surface area contributed by atoms with E-state index in [1.54, 1.807) is 6.92 Å². The molecular formula is C9H24N2Na2O8S2. The molecule has 0 rings (SSSR count). The molecular weight excluding hydrogens is 374 g/mol. The van der Waals surface area contributed by atoms with E-state index in [-0.39, 0.29) is 72.3 Å². The molecule has 2 unspecified atom stereocenters. The minimum atomic E-state index is -4.80. The van der Waals surface area contributed by atoms with Crippen LogP contribution in [0.2, 0.25) is 0 Å². The molecule has 0 aromatic heterocycles. The average Bonchev–Trinajstić information content (AvgIpc) is 2.43. The van der Waals surface area contributed by atoms with Crippen molar-refractivity contribution in [2.24, 2.45) is 11.6 Å². The average molecular weight is 398 g/mol. The summed E-state index contributed by atoms with van der Waals surface area (Å²) in [6.07, 6.45) is -0.739. The molecule has 0 aliphatic heterocycles. The molecule has 0 aliphatic carbocycles. The van der Waals surface area contributed by atoms with Crippen molar-refractivity contribution in [1.29, 1.82) is 0 Å². The van der Waals surface area contributed by atoms with Gasteiger partial charge in [-0.3, -0.25) is 4.18 Å². The van der Waals surface area contributed by atoms with Gasteiger partial charge in [-0.25, -0.2) is 0 Å². The molecule has 2 atom stereocenters. The zero-order chi connectivity index (χ0) is 16.7. The van der Waals surface area contributed by atoms with Gasteiger partial charge in [0.1, 0.15) is 4.75 Å². The Morgan fingerprint density at radius 2 is 1.70 bits per heavy atom. The first kappa shape index (κ1) is 29.4. The fourth-order valence-corrected chi connectivity index (χ4v) is 4.96. The molecule has 0 bridgehead atoms. The summed E-state index contributed by atoms with van der Waals surface area (Å²) in [6, 6.07) is 0. The van der Waals surface area contributed by atoms with Crippen molar-refractivity contribution in [3.63, 3.8) is 0 Å². The fraction of sp³-hybridized carbons (Fsp3) is 1.00. The summed E-state index contributed by atoms with van der Waals surface area (Å²) in [4.78, 5) is 0. The molecule has 0 saturated heterocycles. The second-order valence-corrected chi connectivity index (χ2v) is 7.88. The number of hydrogen-bond donors (Lipinski definition) is 4. The van der Waals surface area contributed by atoms with Gasteiger partial charge in [0.15, 0.2) is 0 Å². The van der Waals surface area contributed by atoms with Gasteiger partial charge in [-0.05, 0) is 25.8 Å². The summed E-state index contributed by atoms with van der Waals surface area (Å²) in [6.45, 7) is 0.441. The Bertz CT molecular complexity index is 508. The van der Waals surface area contributed by atoms with E-state index in [1.165, 1.54) is 0 Å². The zero-order valence-corrected chi connectivity index (χ0v) is 13.3. The minimum absolute atomic E-state index is 0. The molecule has 0 aromatic carbocycles. The Morgan fingerprint density at radius 1 is 1.17 bits per heavy atom. The van der Waals surface area contributed by atoms with Crippen LogP contribution in [0.4, 0.5) is 0 Å². The SMILES string of the molecule is CCCOS(=O)(=O)C(CCN)(CCO)C(O)S(=O)(=O)ON.[NaH].[NaH]. The maximum atomic E-state index is 12.3. The molecule has 132 valence electrons. The third-order valence-corrected chi connectivity index (χ3v) is 6.42. The van der Waals surface area contributed by atoms with Crippen molar-refractivity contribution in [2.75, 3.05) is 19.8 Å².